The summed E-state index contributed by atoms with van der Waals surface area (Å²) in [7, 11) is 2.18. The highest BCUT2D eigenvalue weighted by Crippen LogP contribution is 2.62. The van der Waals surface area contributed by atoms with E-state index in [1.807, 2.05) is 22.4 Å². The first-order valence-corrected chi connectivity index (χ1v) is 11.7. The van der Waals surface area contributed by atoms with E-state index >= 15 is 0 Å². The molecule has 28 heavy (non-hydrogen) atoms. The van der Waals surface area contributed by atoms with Crippen LogP contribution in [0.5, 0.6) is 0 Å². The van der Waals surface area contributed by atoms with Crippen LogP contribution in [0.1, 0.15) is 48.2 Å². The number of carbonyl (C=O) groups excluding carboxylic acids is 2. The molecule has 2 atom stereocenters. The van der Waals surface area contributed by atoms with Gasteiger partial charge in [0.05, 0.1) is 10.3 Å². The molecular weight excluding hydrogens is 370 g/mol. The van der Waals surface area contributed by atoms with Gasteiger partial charge < -0.3 is 14.7 Å². The van der Waals surface area contributed by atoms with Crippen LogP contribution in [0.15, 0.2) is 17.5 Å². The van der Waals surface area contributed by atoms with Gasteiger partial charge in [-0.1, -0.05) is 6.07 Å². The zero-order chi connectivity index (χ0) is 19.4. The molecule has 0 bridgehead atoms. The van der Waals surface area contributed by atoms with E-state index in [1.165, 1.54) is 11.3 Å². The predicted octanol–water partition coefficient (Wildman–Crippen LogP) is 2.93. The van der Waals surface area contributed by atoms with Crippen molar-refractivity contribution in [1.82, 2.24) is 14.7 Å². The summed E-state index contributed by atoms with van der Waals surface area (Å²) in [6.45, 7) is 5.54. The lowest BCUT2D eigenvalue weighted by molar-refractivity contribution is -0.142. The van der Waals surface area contributed by atoms with E-state index in [-0.39, 0.29) is 16.7 Å². The first-order valence-electron chi connectivity index (χ1n) is 10.8. The third kappa shape index (κ3) is 2.75. The van der Waals surface area contributed by atoms with Gasteiger partial charge in [-0.15, -0.1) is 11.3 Å². The van der Waals surface area contributed by atoms with Crippen LogP contribution in [-0.2, 0) is 4.79 Å². The van der Waals surface area contributed by atoms with Crippen LogP contribution < -0.4 is 0 Å². The first kappa shape index (κ1) is 18.6. The fourth-order valence-electron chi connectivity index (χ4n) is 6.69. The molecular formula is C22H31N3O2S. The van der Waals surface area contributed by atoms with Crippen molar-refractivity contribution < 1.29 is 9.59 Å². The van der Waals surface area contributed by atoms with Gasteiger partial charge in [0.2, 0.25) is 5.91 Å². The minimum atomic E-state index is -0.168. The van der Waals surface area contributed by atoms with E-state index in [0.29, 0.717) is 11.8 Å². The van der Waals surface area contributed by atoms with Crippen molar-refractivity contribution in [2.45, 2.75) is 38.5 Å². The summed E-state index contributed by atoms with van der Waals surface area (Å²) in [5.41, 5.74) is 0.0748. The van der Waals surface area contributed by atoms with Crippen LogP contribution in [0.3, 0.4) is 0 Å². The Labute approximate surface area is 171 Å². The summed E-state index contributed by atoms with van der Waals surface area (Å²) in [6.07, 6.45) is 6.62. The van der Waals surface area contributed by atoms with Crippen molar-refractivity contribution in [3.8, 4) is 0 Å². The largest absolute Gasteiger partial charge is 0.342 e. The van der Waals surface area contributed by atoms with Gasteiger partial charge in [-0.25, -0.2) is 0 Å². The Balaban J connectivity index is 1.34. The van der Waals surface area contributed by atoms with Crippen LogP contribution in [0.4, 0.5) is 0 Å². The summed E-state index contributed by atoms with van der Waals surface area (Å²) in [4.78, 5) is 33.8. The molecule has 3 saturated heterocycles. The zero-order valence-electron chi connectivity index (χ0n) is 16.9. The third-order valence-electron chi connectivity index (χ3n) is 8.12. The number of nitrogens with zero attached hydrogens (tertiary/aromatic N) is 3. The first-order chi connectivity index (χ1) is 13.5. The number of rotatable bonds is 2. The maximum Gasteiger partial charge on any atom is 0.263 e. The van der Waals surface area contributed by atoms with Gasteiger partial charge in [0.1, 0.15) is 0 Å². The standard InChI is InChI=1S/C22H31N3O2S/c1-23-15-18-21(6-7-22(18,16-23)20(27)25-10-2-3-11-25)8-12-24(13-9-21)19(26)17-5-4-14-28-17/h4-5,14,18H,2-3,6-13,15-16H2,1H3/t18-,22+/m0/s1. The molecule has 5 rings (SSSR count). The molecule has 4 fully saturated rings. The zero-order valence-corrected chi connectivity index (χ0v) is 17.7. The van der Waals surface area contributed by atoms with Crippen molar-refractivity contribution in [2.75, 3.05) is 46.3 Å². The lowest BCUT2D eigenvalue weighted by Gasteiger charge is -2.44. The Morgan fingerprint density at radius 1 is 1.04 bits per heavy atom. The lowest BCUT2D eigenvalue weighted by Crippen LogP contribution is -2.50. The van der Waals surface area contributed by atoms with Crippen LogP contribution in [0, 0.1) is 16.7 Å². The highest BCUT2D eigenvalue weighted by atomic mass is 32.1. The fourth-order valence-corrected chi connectivity index (χ4v) is 7.38. The summed E-state index contributed by atoms with van der Waals surface area (Å²) in [5, 5.41) is 1.97. The summed E-state index contributed by atoms with van der Waals surface area (Å²) in [6, 6.07) is 3.88. The number of hydrogen-bond donors (Lipinski definition) is 0. The molecule has 1 saturated carbocycles. The number of thiophene rings is 1. The predicted molar refractivity (Wildman–Crippen MR) is 110 cm³/mol. The van der Waals surface area contributed by atoms with Gasteiger partial charge in [-0.2, -0.15) is 0 Å². The number of likely N-dealkylation sites (tertiary alicyclic amines) is 3. The molecule has 0 unspecified atom stereocenters. The van der Waals surface area contributed by atoms with Gasteiger partial charge in [0.15, 0.2) is 0 Å². The molecule has 1 aromatic heterocycles. The monoisotopic (exact) mass is 401 g/mol. The molecule has 1 aliphatic carbocycles. The molecule has 0 N–H and O–H groups in total. The van der Waals surface area contributed by atoms with Crippen LogP contribution >= 0.6 is 11.3 Å². The SMILES string of the molecule is CN1C[C@H]2C3(CCN(C(=O)c4cccs4)CC3)CC[C@@]2(C(=O)N2CCCC2)C1. The van der Waals surface area contributed by atoms with E-state index in [2.05, 4.69) is 16.8 Å². The average Bonchev–Trinajstić information content (AvgIpc) is 3.48. The second-order valence-corrected chi connectivity index (χ2v) is 10.5. The van der Waals surface area contributed by atoms with E-state index in [0.717, 1.165) is 82.7 Å². The Hall–Kier alpha value is -1.40. The van der Waals surface area contributed by atoms with Crippen molar-refractivity contribution in [3.63, 3.8) is 0 Å². The topological polar surface area (TPSA) is 43.9 Å². The minimum absolute atomic E-state index is 0.168. The second-order valence-electron chi connectivity index (χ2n) is 9.54. The molecule has 1 spiro atoms. The Morgan fingerprint density at radius 3 is 2.46 bits per heavy atom. The molecule has 6 heteroatoms. The maximum atomic E-state index is 13.6. The summed E-state index contributed by atoms with van der Waals surface area (Å²) < 4.78 is 0. The Kier molecular flexibility index (Phi) is 4.55. The maximum absolute atomic E-state index is 13.6. The molecule has 0 radical (unpaired) electrons. The number of piperidine rings is 1. The lowest BCUT2D eigenvalue weighted by atomic mass is 9.65. The number of carbonyl (C=O) groups is 2. The van der Waals surface area contributed by atoms with E-state index in [4.69, 9.17) is 0 Å². The van der Waals surface area contributed by atoms with Crippen molar-refractivity contribution in [1.29, 1.82) is 0 Å². The molecule has 0 aromatic carbocycles. The highest BCUT2D eigenvalue weighted by Gasteiger charge is 2.64. The summed E-state index contributed by atoms with van der Waals surface area (Å²) in [5.74, 6) is 1.08. The van der Waals surface area contributed by atoms with Crippen LogP contribution in [-0.4, -0.2) is 72.8 Å². The molecule has 4 heterocycles. The van der Waals surface area contributed by atoms with Gasteiger partial charge >= 0.3 is 0 Å². The number of hydrogen-bond acceptors (Lipinski definition) is 4. The number of fused-ring (bicyclic) bond motifs is 2. The minimum Gasteiger partial charge on any atom is -0.342 e. The van der Waals surface area contributed by atoms with Gasteiger partial charge in [-0.3, -0.25) is 9.59 Å². The molecule has 5 nitrogen and oxygen atoms in total. The fraction of sp³-hybridized carbons (Fsp3) is 0.727. The van der Waals surface area contributed by atoms with E-state index in [9.17, 15) is 9.59 Å². The second kappa shape index (κ2) is 6.84. The van der Waals surface area contributed by atoms with Crippen LogP contribution in [0.2, 0.25) is 0 Å². The van der Waals surface area contributed by atoms with Gasteiger partial charge in [0.25, 0.3) is 5.91 Å². The van der Waals surface area contributed by atoms with Crippen molar-refractivity contribution in [3.05, 3.63) is 22.4 Å². The molecule has 1 aromatic rings. The smallest absolute Gasteiger partial charge is 0.263 e. The molecule has 3 aliphatic heterocycles. The van der Waals surface area contributed by atoms with Gasteiger partial charge in [-0.05, 0) is 68.4 Å². The average molecular weight is 402 g/mol. The Morgan fingerprint density at radius 2 is 1.79 bits per heavy atom. The third-order valence-corrected chi connectivity index (χ3v) is 8.98. The van der Waals surface area contributed by atoms with Gasteiger partial charge in [0, 0.05) is 39.3 Å². The summed E-state index contributed by atoms with van der Waals surface area (Å²) >= 11 is 1.53. The van der Waals surface area contributed by atoms with E-state index in [1.54, 1.807) is 0 Å². The van der Waals surface area contributed by atoms with Crippen molar-refractivity contribution in [2.24, 2.45) is 16.7 Å². The van der Waals surface area contributed by atoms with Crippen LogP contribution in [0.25, 0.3) is 0 Å². The quantitative estimate of drug-likeness (QED) is 0.765. The van der Waals surface area contributed by atoms with Crippen molar-refractivity contribution >= 4 is 23.2 Å². The molecule has 152 valence electrons. The Bertz CT molecular complexity index is 750. The highest BCUT2D eigenvalue weighted by molar-refractivity contribution is 7.12. The molecule has 2 amide bonds. The normalized spacial score (nSPS) is 32.2. The van der Waals surface area contributed by atoms with E-state index < -0.39 is 0 Å². The number of amides is 2. The molecule has 4 aliphatic rings.